The zero-order chi connectivity index (χ0) is 11.5. The van der Waals surface area contributed by atoms with Crippen molar-refractivity contribution < 1.29 is 8.42 Å². The van der Waals surface area contributed by atoms with Crippen LogP contribution in [0.25, 0.3) is 0 Å². The zero-order valence-electron chi connectivity index (χ0n) is 8.73. The lowest BCUT2D eigenvalue weighted by molar-refractivity contribution is 0.597. The fraction of sp³-hybridized carbons (Fsp3) is 0.625. The van der Waals surface area contributed by atoms with Gasteiger partial charge in [-0.3, -0.25) is 0 Å². The average molecular weight is 249 g/mol. The smallest absolute Gasteiger partial charge is 0.215 e. The molecule has 1 aromatic rings. The molecule has 0 aliphatic carbocycles. The van der Waals surface area contributed by atoms with E-state index in [0.717, 1.165) is 11.4 Å². The van der Waals surface area contributed by atoms with E-state index in [4.69, 9.17) is 5.14 Å². The molecule has 0 amide bonds. The van der Waals surface area contributed by atoms with Crippen molar-refractivity contribution in [1.82, 2.24) is 10.3 Å². The summed E-state index contributed by atoms with van der Waals surface area (Å²) in [7, 11) is -3.47. The minimum atomic E-state index is -3.47. The largest absolute Gasteiger partial charge is 0.310 e. The van der Waals surface area contributed by atoms with Crippen LogP contribution in [0.15, 0.2) is 6.20 Å². The molecule has 1 rings (SSSR count). The lowest BCUT2D eigenvalue weighted by atomic mass is 10.3. The summed E-state index contributed by atoms with van der Waals surface area (Å²) in [5.41, 5.74) is 0. The number of thiazole rings is 1. The lowest BCUT2D eigenvalue weighted by Gasteiger charge is -2.07. The highest BCUT2D eigenvalue weighted by atomic mass is 32.2. The van der Waals surface area contributed by atoms with Crippen LogP contribution in [-0.4, -0.2) is 19.9 Å². The highest BCUT2D eigenvalue weighted by molar-refractivity contribution is 7.88. The Morgan fingerprint density at radius 1 is 1.67 bits per heavy atom. The van der Waals surface area contributed by atoms with Gasteiger partial charge in [-0.15, -0.1) is 11.3 Å². The molecule has 1 heterocycles. The topological polar surface area (TPSA) is 85.1 Å². The summed E-state index contributed by atoms with van der Waals surface area (Å²) >= 11 is 1.38. The molecule has 3 N–H and O–H groups in total. The molecule has 5 nitrogen and oxygen atoms in total. The molecule has 1 atom stereocenters. The van der Waals surface area contributed by atoms with Gasteiger partial charge in [-0.1, -0.05) is 6.92 Å². The van der Waals surface area contributed by atoms with Crippen LogP contribution in [0.3, 0.4) is 0 Å². The van der Waals surface area contributed by atoms with Gasteiger partial charge in [0.05, 0.1) is 0 Å². The van der Waals surface area contributed by atoms with Gasteiger partial charge < -0.3 is 5.32 Å². The van der Waals surface area contributed by atoms with Crippen LogP contribution in [-0.2, 0) is 15.8 Å². The Labute approximate surface area is 93.8 Å². The molecule has 0 bridgehead atoms. The number of nitrogens with two attached hydrogens (primary N) is 1. The van der Waals surface area contributed by atoms with Crippen molar-refractivity contribution >= 4 is 21.4 Å². The summed E-state index contributed by atoms with van der Waals surface area (Å²) in [6, 6.07) is 0.196. The van der Waals surface area contributed by atoms with Crippen molar-refractivity contribution in [3.8, 4) is 0 Å². The maximum absolute atomic E-state index is 10.8. The first-order valence-corrected chi connectivity index (χ1v) is 7.14. The molecular weight excluding hydrogens is 234 g/mol. The average Bonchev–Trinajstić information content (AvgIpc) is 2.50. The molecule has 0 fully saturated rings. The van der Waals surface area contributed by atoms with Crippen molar-refractivity contribution in [1.29, 1.82) is 0 Å². The minimum absolute atomic E-state index is 0.184. The predicted molar refractivity (Wildman–Crippen MR) is 61.0 cm³/mol. The van der Waals surface area contributed by atoms with Gasteiger partial charge in [0.15, 0.2) is 0 Å². The Balaban J connectivity index is 2.72. The second-order valence-corrected chi connectivity index (χ2v) is 6.00. The SMILES string of the molecule is CCNC(C)c1cnc(CS(N)(=O)=O)s1. The molecule has 86 valence electrons. The van der Waals surface area contributed by atoms with Crippen molar-refractivity contribution in [2.24, 2.45) is 5.14 Å². The molecule has 1 aromatic heterocycles. The predicted octanol–water partition coefficient (Wildman–Crippen LogP) is 0.602. The number of primary sulfonamides is 1. The van der Waals surface area contributed by atoms with Gasteiger partial charge in [-0.05, 0) is 13.5 Å². The van der Waals surface area contributed by atoms with Crippen LogP contribution in [0.5, 0.6) is 0 Å². The second kappa shape index (κ2) is 5.02. The highest BCUT2D eigenvalue weighted by Crippen LogP contribution is 2.21. The van der Waals surface area contributed by atoms with E-state index >= 15 is 0 Å². The normalized spacial score (nSPS) is 14.1. The molecule has 1 unspecified atom stereocenters. The molecule has 0 aromatic carbocycles. The van der Waals surface area contributed by atoms with Gasteiger partial charge >= 0.3 is 0 Å². The Morgan fingerprint density at radius 2 is 2.33 bits per heavy atom. The Bertz CT molecular complexity index is 413. The van der Waals surface area contributed by atoms with E-state index in [9.17, 15) is 8.42 Å². The first kappa shape index (κ1) is 12.6. The van der Waals surface area contributed by atoms with Crippen LogP contribution in [0.1, 0.15) is 29.8 Å². The first-order valence-electron chi connectivity index (χ1n) is 4.61. The van der Waals surface area contributed by atoms with Crippen LogP contribution in [0, 0.1) is 0 Å². The maximum Gasteiger partial charge on any atom is 0.215 e. The number of aromatic nitrogens is 1. The molecule has 0 aliphatic rings. The molecule has 15 heavy (non-hydrogen) atoms. The van der Waals surface area contributed by atoms with E-state index in [2.05, 4.69) is 10.3 Å². The molecular formula is C8H15N3O2S2. The van der Waals surface area contributed by atoms with Gasteiger partial charge in [0.1, 0.15) is 10.8 Å². The summed E-state index contributed by atoms with van der Waals surface area (Å²) in [6.07, 6.45) is 1.69. The van der Waals surface area contributed by atoms with Crippen molar-refractivity contribution in [2.45, 2.75) is 25.6 Å². The number of hydrogen-bond donors (Lipinski definition) is 2. The fourth-order valence-corrected chi connectivity index (χ4v) is 3.06. The molecule has 0 radical (unpaired) electrons. The third kappa shape index (κ3) is 4.25. The molecule has 0 saturated heterocycles. The number of nitrogens with zero attached hydrogens (tertiary/aromatic N) is 1. The van der Waals surface area contributed by atoms with Gasteiger partial charge in [0.2, 0.25) is 10.0 Å². The summed E-state index contributed by atoms with van der Waals surface area (Å²) in [5.74, 6) is -0.184. The van der Waals surface area contributed by atoms with Gasteiger partial charge in [-0.25, -0.2) is 18.5 Å². The third-order valence-corrected chi connectivity index (χ3v) is 3.87. The van der Waals surface area contributed by atoms with Crippen LogP contribution >= 0.6 is 11.3 Å². The quantitative estimate of drug-likeness (QED) is 0.800. The summed E-state index contributed by atoms with van der Waals surface area (Å²) in [4.78, 5) is 5.05. The minimum Gasteiger partial charge on any atom is -0.310 e. The molecule has 0 saturated carbocycles. The van der Waals surface area contributed by atoms with Crippen LogP contribution < -0.4 is 10.5 Å². The highest BCUT2D eigenvalue weighted by Gasteiger charge is 2.12. The number of rotatable bonds is 5. The summed E-state index contributed by atoms with van der Waals surface area (Å²) < 4.78 is 21.7. The Kier molecular flexibility index (Phi) is 4.21. The summed E-state index contributed by atoms with van der Waals surface area (Å²) in [5, 5.41) is 8.70. The Morgan fingerprint density at radius 3 is 2.87 bits per heavy atom. The van der Waals surface area contributed by atoms with Crippen molar-refractivity contribution in [3.05, 3.63) is 16.1 Å². The second-order valence-electron chi connectivity index (χ2n) is 3.24. The maximum atomic E-state index is 10.8. The zero-order valence-corrected chi connectivity index (χ0v) is 10.4. The van der Waals surface area contributed by atoms with Crippen LogP contribution in [0.2, 0.25) is 0 Å². The molecule has 0 spiro atoms. The summed E-state index contributed by atoms with van der Waals surface area (Å²) in [6.45, 7) is 4.89. The lowest BCUT2D eigenvalue weighted by Crippen LogP contribution is -2.16. The van der Waals surface area contributed by atoms with E-state index in [0.29, 0.717) is 5.01 Å². The monoisotopic (exact) mass is 249 g/mol. The van der Waals surface area contributed by atoms with E-state index < -0.39 is 10.0 Å². The van der Waals surface area contributed by atoms with Gasteiger partial charge in [0, 0.05) is 17.1 Å². The van der Waals surface area contributed by atoms with Gasteiger partial charge in [0.25, 0.3) is 0 Å². The van der Waals surface area contributed by atoms with Crippen molar-refractivity contribution in [2.75, 3.05) is 6.54 Å². The Hall–Kier alpha value is -0.500. The van der Waals surface area contributed by atoms with E-state index in [1.54, 1.807) is 6.20 Å². The van der Waals surface area contributed by atoms with Crippen LogP contribution in [0.4, 0.5) is 0 Å². The number of nitrogens with one attached hydrogen (secondary N) is 1. The number of sulfonamides is 1. The standard InChI is InChI=1S/C8H15N3O2S2/c1-3-10-6(2)7-4-11-8(14-7)5-15(9,12)13/h4,6,10H,3,5H2,1-2H3,(H2,9,12,13). The van der Waals surface area contributed by atoms with E-state index in [1.807, 2.05) is 13.8 Å². The molecule has 7 heteroatoms. The first-order chi connectivity index (χ1) is 6.92. The van der Waals surface area contributed by atoms with Crippen molar-refractivity contribution in [3.63, 3.8) is 0 Å². The van der Waals surface area contributed by atoms with E-state index in [-0.39, 0.29) is 11.8 Å². The van der Waals surface area contributed by atoms with Gasteiger partial charge in [-0.2, -0.15) is 0 Å². The fourth-order valence-electron chi connectivity index (χ4n) is 1.17. The molecule has 0 aliphatic heterocycles. The number of hydrogen-bond acceptors (Lipinski definition) is 5. The third-order valence-electron chi connectivity index (χ3n) is 1.83. The van der Waals surface area contributed by atoms with E-state index in [1.165, 1.54) is 11.3 Å².